The number of rotatable bonds is 3. The van der Waals surface area contributed by atoms with Crippen molar-refractivity contribution >= 4 is 5.95 Å². The molecule has 0 saturated carbocycles. The van der Waals surface area contributed by atoms with E-state index in [1.807, 2.05) is 19.9 Å². The van der Waals surface area contributed by atoms with Crippen molar-refractivity contribution in [3.63, 3.8) is 0 Å². The fourth-order valence-corrected chi connectivity index (χ4v) is 2.04. The maximum absolute atomic E-state index is 6.01. The maximum Gasteiger partial charge on any atom is 0.228 e. The van der Waals surface area contributed by atoms with Crippen LogP contribution < -0.4 is 15.4 Å². The molecule has 17 heavy (non-hydrogen) atoms. The molecule has 1 fully saturated rings. The average Bonchev–Trinajstić information content (AvgIpc) is 2.59. The lowest BCUT2D eigenvalue weighted by Gasteiger charge is -2.16. The highest BCUT2D eigenvalue weighted by Gasteiger charge is 2.28. The van der Waals surface area contributed by atoms with Crippen molar-refractivity contribution in [3.05, 3.63) is 11.8 Å². The van der Waals surface area contributed by atoms with Gasteiger partial charge in [-0.3, -0.25) is 0 Å². The van der Waals surface area contributed by atoms with E-state index in [1.165, 1.54) is 0 Å². The fraction of sp³-hybridized carbons (Fsp3) is 0.667. The fourth-order valence-electron chi connectivity index (χ4n) is 2.04. The van der Waals surface area contributed by atoms with Crippen LogP contribution in [0.5, 0.6) is 5.88 Å². The lowest BCUT2D eigenvalue weighted by atomic mass is 10.1. The van der Waals surface area contributed by atoms with Gasteiger partial charge in [0.2, 0.25) is 11.8 Å². The molecule has 1 aliphatic heterocycles. The van der Waals surface area contributed by atoms with E-state index in [0.29, 0.717) is 18.4 Å². The highest BCUT2D eigenvalue weighted by molar-refractivity contribution is 5.36. The number of hydrogen-bond donors (Lipinski definition) is 1. The van der Waals surface area contributed by atoms with Gasteiger partial charge in [-0.1, -0.05) is 6.92 Å². The molecule has 5 nitrogen and oxygen atoms in total. The summed E-state index contributed by atoms with van der Waals surface area (Å²) in [5.41, 5.74) is 6.94. The summed E-state index contributed by atoms with van der Waals surface area (Å²) in [5.74, 6) is 1.85. The predicted octanol–water partition coefficient (Wildman–Crippen LogP) is 0.967. The van der Waals surface area contributed by atoms with Crippen LogP contribution in [0.1, 0.15) is 19.5 Å². The van der Waals surface area contributed by atoms with Crippen LogP contribution in [0, 0.1) is 12.8 Å². The number of hydrogen-bond acceptors (Lipinski definition) is 5. The van der Waals surface area contributed by atoms with E-state index in [4.69, 9.17) is 10.5 Å². The summed E-state index contributed by atoms with van der Waals surface area (Å²) in [7, 11) is 0. The Morgan fingerprint density at radius 1 is 1.47 bits per heavy atom. The minimum atomic E-state index is 0.203. The van der Waals surface area contributed by atoms with Gasteiger partial charge in [0.15, 0.2) is 0 Å². The van der Waals surface area contributed by atoms with Gasteiger partial charge in [0, 0.05) is 30.9 Å². The largest absolute Gasteiger partial charge is 0.478 e. The van der Waals surface area contributed by atoms with E-state index in [-0.39, 0.29) is 6.04 Å². The van der Waals surface area contributed by atoms with Crippen LogP contribution in [0.25, 0.3) is 0 Å². The van der Waals surface area contributed by atoms with Crippen molar-refractivity contribution in [1.29, 1.82) is 0 Å². The Kier molecular flexibility index (Phi) is 3.47. The zero-order valence-corrected chi connectivity index (χ0v) is 10.7. The molecular formula is C12H20N4O. The van der Waals surface area contributed by atoms with E-state index in [9.17, 15) is 0 Å². The van der Waals surface area contributed by atoms with E-state index < -0.39 is 0 Å². The molecule has 2 rings (SSSR count). The number of ether oxygens (including phenoxy) is 1. The molecule has 94 valence electrons. The molecular weight excluding hydrogens is 216 g/mol. The Hall–Kier alpha value is -1.36. The molecule has 2 unspecified atom stereocenters. The highest BCUT2D eigenvalue weighted by Crippen LogP contribution is 2.22. The van der Waals surface area contributed by atoms with Gasteiger partial charge in [-0.25, -0.2) is 4.98 Å². The van der Waals surface area contributed by atoms with Gasteiger partial charge in [-0.15, -0.1) is 0 Å². The van der Waals surface area contributed by atoms with Crippen molar-refractivity contribution in [3.8, 4) is 5.88 Å². The molecule has 2 heterocycles. The van der Waals surface area contributed by atoms with Gasteiger partial charge < -0.3 is 15.4 Å². The lowest BCUT2D eigenvalue weighted by molar-refractivity contribution is 0.326. The lowest BCUT2D eigenvalue weighted by Crippen LogP contribution is -2.29. The standard InChI is InChI=1S/C12H20N4O/c1-4-17-11-5-9(3)14-12(15-11)16-6-8(2)10(13)7-16/h5,8,10H,4,6-7,13H2,1-3H3. The molecule has 5 heteroatoms. The molecule has 2 N–H and O–H groups in total. The molecule has 1 aromatic rings. The third-order valence-electron chi connectivity index (χ3n) is 3.06. The normalized spacial score (nSPS) is 24.1. The topological polar surface area (TPSA) is 64.3 Å². The monoisotopic (exact) mass is 236 g/mol. The second kappa shape index (κ2) is 4.87. The molecule has 0 radical (unpaired) electrons. The van der Waals surface area contributed by atoms with E-state index in [2.05, 4.69) is 21.8 Å². The molecule has 1 aromatic heterocycles. The van der Waals surface area contributed by atoms with Gasteiger partial charge in [-0.05, 0) is 19.8 Å². The highest BCUT2D eigenvalue weighted by atomic mass is 16.5. The zero-order chi connectivity index (χ0) is 12.4. The molecule has 0 amide bonds. The summed E-state index contributed by atoms with van der Waals surface area (Å²) >= 11 is 0. The first-order valence-corrected chi connectivity index (χ1v) is 6.09. The average molecular weight is 236 g/mol. The molecule has 1 saturated heterocycles. The summed E-state index contributed by atoms with van der Waals surface area (Å²) in [6.45, 7) is 8.40. The summed E-state index contributed by atoms with van der Waals surface area (Å²) in [6.07, 6.45) is 0. The number of aryl methyl sites for hydroxylation is 1. The summed E-state index contributed by atoms with van der Waals surface area (Å²) in [5, 5.41) is 0. The molecule has 0 bridgehead atoms. The van der Waals surface area contributed by atoms with Crippen LogP contribution >= 0.6 is 0 Å². The third-order valence-corrected chi connectivity index (χ3v) is 3.06. The molecule has 2 atom stereocenters. The van der Waals surface area contributed by atoms with Gasteiger partial charge in [0.05, 0.1) is 6.61 Å². The number of nitrogens with zero attached hydrogens (tertiary/aromatic N) is 3. The van der Waals surface area contributed by atoms with Crippen LogP contribution in [-0.4, -0.2) is 35.7 Å². The smallest absolute Gasteiger partial charge is 0.228 e. The molecule has 0 spiro atoms. The van der Waals surface area contributed by atoms with Crippen LogP contribution in [0.4, 0.5) is 5.95 Å². The maximum atomic E-state index is 6.01. The van der Waals surface area contributed by atoms with Crippen LogP contribution in [0.3, 0.4) is 0 Å². The van der Waals surface area contributed by atoms with E-state index in [0.717, 1.165) is 24.7 Å². The van der Waals surface area contributed by atoms with Crippen LogP contribution in [0.15, 0.2) is 6.07 Å². The first kappa shape index (κ1) is 12.1. The Morgan fingerprint density at radius 3 is 2.82 bits per heavy atom. The van der Waals surface area contributed by atoms with Crippen LogP contribution in [-0.2, 0) is 0 Å². The van der Waals surface area contributed by atoms with Crippen molar-refractivity contribution in [1.82, 2.24) is 9.97 Å². The van der Waals surface area contributed by atoms with Crippen molar-refractivity contribution in [2.75, 3.05) is 24.6 Å². The van der Waals surface area contributed by atoms with Gasteiger partial charge in [0.25, 0.3) is 0 Å². The predicted molar refractivity (Wildman–Crippen MR) is 67.3 cm³/mol. The Balaban J connectivity index is 2.20. The summed E-state index contributed by atoms with van der Waals surface area (Å²) < 4.78 is 5.43. The second-order valence-electron chi connectivity index (χ2n) is 4.63. The van der Waals surface area contributed by atoms with Crippen molar-refractivity contribution in [2.24, 2.45) is 11.7 Å². The summed E-state index contributed by atoms with van der Waals surface area (Å²) in [6, 6.07) is 2.06. The Bertz CT molecular complexity index is 386. The third kappa shape index (κ3) is 2.66. The van der Waals surface area contributed by atoms with E-state index >= 15 is 0 Å². The van der Waals surface area contributed by atoms with E-state index in [1.54, 1.807) is 0 Å². The first-order valence-electron chi connectivity index (χ1n) is 6.09. The number of nitrogens with two attached hydrogens (primary N) is 1. The minimum Gasteiger partial charge on any atom is -0.478 e. The minimum absolute atomic E-state index is 0.203. The Morgan fingerprint density at radius 2 is 2.24 bits per heavy atom. The van der Waals surface area contributed by atoms with Gasteiger partial charge in [0.1, 0.15) is 0 Å². The molecule has 1 aliphatic rings. The SMILES string of the molecule is CCOc1cc(C)nc(N2CC(C)C(N)C2)n1. The zero-order valence-electron chi connectivity index (χ0n) is 10.7. The molecule has 0 aromatic carbocycles. The summed E-state index contributed by atoms with van der Waals surface area (Å²) in [4.78, 5) is 11.0. The van der Waals surface area contributed by atoms with Crippen molar-refractivity contribution < 1.29 is 4.74 Å². The number of aromatic nitrogens is 2. The van der Waals surface area contributed by atoms with Gasteiger partial charge in [-0.2, -0.15) is 4.98 Å². The van der Waals surface area contributed by atoms with Crippen LogP contribution in [0.2, 0.25) is 0 Å². The van der Waals surface area contributed by atoms with Gasteiger partial charge >= 0.3 is 0 Å². The molecule has 0 aliphatic carbocycles. The Labute approximate surface area is 102 Å². The quantitative estimate of drug-likeness (QED) is 0.847. The van der Waals surface area contributed by atoms with Crippen molar-refractivity contribution in [2.45, 2.75) is 26.8 Å². The number of anilines is 1. The first-order chi connectivity index (χ1) is 8.10. The second-order valence-corrected chi connectivity index (χ2v) is 4.63.